The van der Waals surface area contributed by atoms with Crippen molar-refractivity contribution in [3.8, 4) is 56.7 Å². The van der Waals surface area contributed by atoms with E-state index >= 15 is 0 Å². The summed E-state index contributed by atoms with van der Waals surface area (Å²) in [5.41, 5.74) is 16.8. The second-order valence-corrected chi connectivity index (χ2v) is 18.3. The second kappa shape index (κ2) is 19.2. The normalized spacial score (nSPS) is 11.3. The fraction of sp³-hybridized carbons (Fsp3) is 0.167. The van der Waals surface area contributed by atoms with Gasteiger partial charge in [-0.3, -0.25) is 9.83 Å². The van der Waals surface area contributed by atoms with Gasteiger partial charge in [-0.05, 0) is 98.3 Å². The van der Waals surface area contributed by atoms with Crippen LogP contribution in [-0.2, 0) is 25.5 Å². The van der Waals surface area contributed by atoms with E-state index in [2.05, 4.69) is 172 Å². The minimum absolute atomic E-state index is 0. The third-order valence-electron chi connectivity index (χ3n) is 12.1. The molecule has 3 heterocycles. The SMILES string of the molecule is CC(C)c1cc(-c2ccc(-c3ccccc3)cc2)cc(C(C)C)c1-n1c(-c2[c-]ccc3c2oc2cc(C#N)ccc23)nc2ccccc21.[C-]#[N+]c1cc[c-]c(-c2ccc(C(C)(C)C)cn2)c1.[Ir]. The van der Waals surface area contributed by atoms with Crippen molar-refractivity contribution in [2.45, 2.75) is 65.7 Å². The molecule has 0 amide bonds. The summed E-state index contributed by atoms with van der Waals surface area (Å²) in [5, 5.41) is 11.5. The molecule has 0 aliphatic heterocycles. The number of nitrogens with zero attached hydrogens (tertiary/aromatic N) is 5. The summed E-state index contributed by atoms with van der Waals surface area (Å²) >= 11 is 0. The number of furan rings is 1. The largest absolute Gasteiger partial charge is 0.500 e. The molecule has 7 aromatic carbocycles. The van der Waals surface area contributed by atoms with Gasteiger partial charge in [-0.15, -0.1) is 42.0 Å². The van der Waals surface area contributed by atoms with Crippen molar-refractivity contribution in [3.05, 3.63) is 204 Å². The standard InChI is InChI=1S/C44H34N3O.C16H15N2.Ir/c1-27(2)37-24-33(32-20-18-31(19-21-32)30-11-6-5-7-12-30)25-38(28(3)4)42(37)47-40-16-9-8-15-39(40)46-44(47)36-14-10-13-35-34-22-17-29(26-45)23-41(34)48-43(35)36;1-16(2,3)13-8-9-15(18-11-13)12-6-5-7-14(10-12)17-4;/h5-13,15-25,27-28H,1-4H3;5,7-11H,1-3H3;/q2*-1;. The van der Waals surface area contributed by atoms with Gasteiger partial charge < -0.3 is 14.0 Å². The molecule has 0 saturated carbocycles. The third kappa shape index (κ3) is 9.23. The van der Waals surface area contributed by atoms with Gasteiger partial charge in [0.05, 0.1) is 40.6 Å². The van der Waals surface area contributed by atoms with Gasteiger partial charge >= 0.3 is 0 Å². The van der Waals surface area contributed by atoms with Crippen LogP contribution in [0.1, 0.15) is 82.6 Å². The maximum absolute atomic E-state index is 9.53. The second-order valence-electron chi connectivity index (χ2n) is 18.3. The van der Waals surface area contributed by atoms with E-state index in [0.29, 0.717) is 22.4 Å². The van der Waals surface area contributed by atoms with E-state index in [9.17, 15) is 5.26 Å². The number of aromatic nitrogens is 3. The fourth-order valence-electron chi connectivity index (χ4n) is 8.54. The summed E-state index contributed by atoms with van der Waals surface area (Å²) in [7, 11) is 0. The van der Waals surface area contributed by atoms with Crippen molar-refractivity contribution < 1.29 is 24.5 Å². The van der Waals surface area contributed by atoms with Gasteiger partial charge in [0, 0.05) is 37.4 Å². The van der Waals surface area contributed by atoms with E-state index in [1.807, 2.05) is 48.7 Å². The van der Waals surface area contributed by atoms with E-state index in [0.717, 1.165) is 50.1 Å². The first kappa shape index (κ1) is 46.1. The first-order valence-electron chi connectivity index (χ1n) is 22.4. The van der Waals surface area contributed by atoms with E-state index < -0.39 is 0 Å². The van der Waals surface area contributed by atoms with E-state index in [-0.39, 0.29) is 37.4 Å². The Morgan fingerprint density at radius 1 is 0.701 bits per heavy atom. The molecule has 7 heteroatoms. The van der Waals surface area contributed by atoms with Crippen molar-refractivity contribution >= 4 is 38.7 Å². The summed E-state index contributed by atoms with van der Waals surface area (Å²) in [6, 6.07) is 60.3. The number of pyridine rings is 1. The van der Waals surface area contributed by atoms with Crippen molar-refractivity contribution in [1.29, 1.82) is 5.26 Å². The summed E-state index contributed by atoms with van der Waals surface area (Å²) in [6.45, 7) is 22.6. The molecule has 67 heavy (non-hydrogen) atoms. The van der Waals surface area contributed by atoms with Crippen LogP contribution in [0.5, 0.6) is 0 Å². The van der Waals surface area contributed by atoms with Gasteiger partial charge in [-0.1, -0.05) is 144 Å². The number of hydrogen-bond donors (Lipinski definition) is 0. The molecular weight excluding hydrogens is 999 g/mol. The van der Waals surface area contributed by atoms with Crippen molar-refractivity contribution in [2.75, 3.05) is 0 Å². The fourth-order valence-corrected chi connectivity index (χ4v) is 8.54. The molecule has 0 aliphatic rings. The Labute approximate surface area is 406 Å². The van der Waals surface area contributed by atoms with Gasteiger partial charge in [-0.2, -0.15) is 11.3 Å². The monoisotopic (exact) mass is 1050 g/mol. The zero-order chi connectivity index (χ0) is 46.1. The Hall–Kier alpha value is -7.41. The average Bonchev–Trinajstić information content (AvgIpc) is 3.92. The van der Waals surface area contributed by atoms with Crippen LogP contribution in [-0.4, -0.2) is 14.5 Å². The number of nitriles is 1. The number of hydrogen-bond acceptors (Lipinski definition) is 4. The average molecular weight is 1050 g/mol. The summed E-state index contributed by atoms with van der Waals surface area (Å²) in [5.74, 6) is 1.26. The van der Waals surface area contributed by atoms with Gasteiger partial charge in [0.1, 0.15) is 11.3 Å². The zero-order valence-corrected chi connectivity index (χ0v) is 41.0. The van der Waals surface area contributed by atoms with Crippen molar-refractivity contribution in [3.63, 3.8) is 0 Å². The van der Waals surface area contributed by atoms with Gasteiger partial charge in [0.15, 0.2) is 0 Å². The molecule has 0 N–H and O–H groups in total. The summed E-state index contributed by atoms with van der Waals surface area (Å²) < 4.78 is 8.83. The predicted molar refractivity (Wildman–Crippen MR) is 270 cm³/mol. The molecule has 10 aromatic rings. The minimum atomic E-state index is 0. The quantitative estimate of drug-likeness (QED) is 0.149. The first-order valence-corrected chi connectivity index (χ1v) is 22.4. The molecular formula is C60H49IrN5O-2. The van der Waals surface area contributed by atoms with E-state index in [1.54, 1.807) is 18.2 Å². The number of imidazole rings is 1. The Balaban J connectivity index is 0.000000270. The van der Waals surface area contributed by atoms with Crippen LogP contribution in [0.15, 0.2) is 162 Å². The topological polar surface area (TPSA) is 72.0 Å². The number of benzene rings is 7. The molecule has 10 rings (SSSR count). The molecule has 0 fully saturated rings. The van der Waals surface area contributed by atoms with Crippen LogP contribution in [0.25, 0.3) is 88.4 Å². The Morgan fingerprint density at radius 2 is 1.36 bits per heavy atom. The van der Waals surface area contributed by atoms with Crippen molar-refractivity contribution in [2.24, 2.45) is 0 Å². The van der Waals surface area contributed by atoms with Gasteiger partial charge in [0.2, 0.25) is 0 Å². The van der Waals surface area contributed by atoms with Crippen LogP contribution in [0.2, 0.25) is 0 Å². The van der Waals surface area contributed by atoms with Crippen LogP contribution < -0.4 is 0 Å². The Bertz CT molecular complexity index is 3440. The van der Waals surface area contributed by atoms with Crippen LogP contribution in [0, 0.1) is 30.0 Å². The molecule has 1 radical (unpaired) electrons. The molecule has 331 valence electrons. The van der Waals surface area contributed by atoms with Gasteiger partial charge in [0.25, 0.3) is 0 Å². The van der Waals surface area contributed by atoms with Crippen LogP contribution in [0.4, 0.5) is 5.69 Å². The number of rotatable bonds is 7. The molecule has 6 nitrogen and oxygen atoms in total. The molecule has 0 spiro atoms. The molecule has 0 unspecified atom stereocenters. The molecule has 0 aliphatic carbocycles. The molecule has 3 aromatic heterocycles. The predicted octanol–water partition coefficient (Wildman–Crippen LogP) is 16.2. The smallest absolute Gasteiger partial charge is 0.122 e. The minimum Gasteiger partial charge on any atom is -0.500 e. The maximum Gasteiger partial charge on any atom is 0.122 e. The first-order chi connectivity index (χ1) is 31.9. The zero-order valence-electron chi connectivity index (χ0n) is 38.6. The summed E-state index contributed by atoms with van der Waals surface area (Å²) in [4.78, 5) is 13.1. The Morgan fingerprint density at radius 3 is 2.00 bits per heavy atom. The molecule has 0 saturated heterocycles. The third-order valence-corrected chi connectivity index (χ3v) is 12.1. The molecule has 0 atom stereocenters. The Kier molecular flexibility index (Phi) is 13.2. The number of para-hydroxylation sites is 2. The molecule has 0 bridgehead atoms. The van der Waals surface area contributed by atoms with E-state index in [1.165, 1.54) is 38.9 Å². The summed E-state index contributed by atoms with van der Waals surface area (Å²) in [6.07, 6.45) is 1.90. The van der Waals surface area contributed by atoms with E-state index in [4.69, 9.17) is 16.0 Å². The number of fused-ring (bicyclic) bond motifs is 4. The maximum atomic E-state index is 9.53. The van der Waals surface area contributed by atoms with Crippen LogP contribution >= 0.6 is 0 Å². The van der Waals surface area contributed by atoms with Crippen LogP contribution in [0.3, 0.4) is 0 Å². The van der Waals surface area contributed by atoms with Crippen molar-refractivity contribution in [1.82, 2.24) is 14.5 Å². The van der Waals surface area contributed by atoms with Gasteiger partial charge in [-0.25, -0.2) is 0 Å².